The summed E-state index contributed by atoms with van der Waals surface area (Å²) in [5.41, 5.74) is 0.272. The number of amides is 2. The summed E-state index contributed by atoms with van der Waals surface area (Å²) >= 11 is 0. The number of aliphatic hydroxyl groups excluding tert-OH is 2. The van der Waals surface area contributed by atoms with Crippen molar-refractivity contribution in [3.63, 3.8) is 0 Å². The summed E-state index contributed by atoms with van der Waals surface area (Å²) < 4.78 is 13.3. The van der Waals surface area contributed by atoms with E-state index < -0.39 is 47.8 Å². The van der Waals surface area contributed by atoms with Gasteiger partial charge in [0, 0.05) is 12.1 Å². The van der Waals surface area contributed by atoms with Crippen LogP contribution in [-0.4, -0.2) is 92.9 Å². The van der Waals surface area contributed by atoms with Crippen molar-refractivity contribution in [2.75, 3.05) is 0 Å². The van der Waals surface area contributed by atoms with Gasteiger partial charge in [0.05, 0.1) is 60.3 Å². The minimum atomic E-state index is -0.998. The molecule has 55 heavy (non-hydrogen) atoms. The van der Waals surface area contributed by atoms with Gasteiger partial charge in [-0.1, -0.05) is 13.8 Å². The van der Waals surface area contributed by atoms with Crippen molar-refractivity contribution in [2.24, 2.45) is 40.9 Å². The van der Waals surface area contributed by atoms with E-state index in [4.69, 9.17) is 9.47 Å². The molecule has 6 atom stereocenters. The Bertz CT molecular complexity index is 1200. The van der Waals surface area contributed by atoms with Gasteiger partial charge >= 0.3 is 11.9 Å². The largest absolute Gasteiger partial charge is 0.481 e. The van der Waals surface area contributed by atoms with Crippen molar-refractivity contribution in [1.29, 1.82) is 0 Å². The van der Waals surface area contributed by atoms with Crippen LogP contribution >= 0.6 is 0 Å². The van der Waals surface area contributed by atoms with Crippen LogP contribution in [0.5, 0.6) is 0 Å². The average Bonchev–Trinajstić information content (AvgIpc) is 3.16. The highest BCUT2D eigenvalue weighted by Crippen LogP contribution is 2.49. The molecule has 0 aliphatic heterocycles. The van der Waals surface area contributed by atoms with E-state index in [9.17, 15) is 39.6 Å². The first-order chi connectivity index (χ1) is 26.3. The fraction of sp³-hybridized carbons (Fsp3) is 0.907. The van der Waals surface area contributed by atoms with Gasteiger partial charge in [-0.3, -0.25) is 19.2 Å². The number of hydrogen-bond acceptors (Lipinski definition) is 8. The van der Waals surface area contributed by atoms with Crippen molar-refractivity contribution in [2.45, 2.75) is 204 Å². The topological polar surface area (TPSA) is 192 Å². The van der Waals surface area contributed by atoms with Gasteiger partial charge in [-0.2, -0.15) is 0 Å². The Balaban J connectivity index is 0.844. The van der Waals surface area contributed by atoms with Crippen molar-refractivity contribution < 1.29 is 49.1 Å². The van der Waals surface area contributed by atoms with Gasteiger partial charge in [-0.15, -0.1) is 0 Å². The molecule has 6 fully saturated rings. The Hall–Kier alpha value is -2.28. The first-order valence-corrected chi connectivity index (χ1v) is 22.0. The van der Waals surface area contributed by atoms with E-state index in [2.05, 4.69) is 24.5 Å². The van der Waals surface area contributed by atoms with E-state index in [-0.39, 0.29) is 54.4 Å². The molecule has 0 spiro atoms. The molecule has 6 aliphatic carbocycles. The van der Waals surface area contributed by atoms with Crippen molar-refractivity contribution in [3.8, 4) is 0 Å². The van der Waals surface area contributed by atoms with Crippen LogP contribution in [0.4, 0.5) is 0 Å². The van der Waals surface area contributed by atoms with Crippen LogP contribution in [0, 0.1) is 40.9 Å². The molecule has 6 aliphatic rings. The molecule has 0 saturated heterocycles. The Kier molecular flexibility index (Phi) is 14.6. The van der Waals surface area contributed by atoms with Crippen LogP contribution in [-0.2, 0) is 28.7 Å². The molecule has 6 N–H and O–H groups in total. The highest BCUT2D eigenvalue weighted by atomic mass is 16.5. The molecule has 0 aromatic heterocycles. The summed E-state index contributed by atoms with van der Waals surface area (Å²) in [6.45, 7) is 4.97. The molecule has 312 valence electrons. The number of ether oxygens (including phenoxy) is 2. The zero-order valence-corrected chi connectivity index (χ0v) is 33.4. The maximum Gasteiger partial charge on any atom is 0.307 e. The zero-order chi connectivity index (χ0) is 39.3. The van der Waals surface area contributed by atoms with Gasteiger partial charge in [0.1, 0.15) is 0 Å². The Labute approximate surface area is 327 Å². The van der Waals surface area contributed by atoms with Gasteiger partial charge < -0.3 is 40.5 Å². The van der Waals surface area contributed by atoms with Crippen LogP contribution in [0.25, 0.3) is 0 Å². The monoisotopic (exact) mass is 775 g/mol. The third-order valence-electron chi connectivity index (χ3n) is 15.2. The molecule has 0 radical (unpaired) electrons. The lowest BCUT2D eigenvalue weighted by molar-refractivity contribution is -0.151. The molecule has 6 unspecified atom stereocenters. The first kappa shape index (κ1) is 42.3. The van der Waals surface area contributed by atoms with Gasteiger partial charge in [-0.25, -0.2) is 0 Å². The summed E-state index contributed by atoms with van der Waals surface area (Å²) in [6, 6.07) is 0.112. The Morgan fingerprint density at radius 2 is 0.764 bits per heavy atom. The average molecular weight is 775 g/mol. The van der Waals surface area contributed by atoms with Gasteiger partial charge in [-0.05, 0) is 159 Å². The lowest BCUT2D eigenvalue weighted by Gasteiger charge is -2.47. The maximum atomic E-state index is 13.0. The molecule has 12 nitrogen and oxygen atoms in total. The number of rotatable bonds is 12. The summed E-state index contributed by atoms with van der Waals surface area (Å²) in [7, 11) is 0. The lowest BCUT2D eigenvalue weighted by atomic mass is 9.60. The fourth-order valence-electron chi connectivity index (χ4n) is 11.5. The minimum Gasteiger partial charge on any atom is -0.481 e. The van der Waals surface area contributed by atoms with E-state index in [0.29, 0.717) is 49.7 Å². The van der Waals surface area contributed by atoms with Gasteiger partial charge in [0.25, 0.3) is 0 Å². The molecule has 0 aromatic carbocycles. The number of nitrogens with one attached hydrogen (secondary N) is 2. The Morgan fingerprint density at radius 1 is 0.455 bits per heavy atom. The molecule has 0 heterocycles. The highest BCUT2D eigenvalue weighted by Gasteiger charge is 2.43. The smallest absolute Gasteiger partial charge is 0.307 e. The first-order valence-electron chi connectivity index (χ1n) is 22.0. The summed E-state index contributed by atoms with van der Waals surface area (Å²) in [5, 5.41) is 45.3. The summed E-state index contributed by atoms with van der Waals surface area (Å²) in [5.74, 6) is -3.75. The standard InChI is InChI=1S/C43H70N2O10/c1-43(2,25-3-13-31(14-4-25)54-33-17-7-27(8-18-33)44-39(48)35-21-11-29(46)23-37(35)41(50)51)26-5-15-32(16-6-26)55-34-19-9-28(10-20-34)45-40(49)36-22-12-30(47)24-38(36)42(52)53/h25-38,46-47H,3-24H2,1-2H3,(H,44,48)(H,45,49)(H,50,51)(H,52,53). The van der Waals surface area contributed by atoms with Crippen LogP contribution in [0.1, 0.15) is 155 Å². The molecular formula is C43H70N2O10. The molecule has 0 aromatic rings. The molecule has 12 heteroatoms. The second-order valence-electron chi connectivity index (χ2n) is 19.0. The van der Waals surface area contributed by atoms with Gasteiger partial charge in [0.15, 0.2) is 0 Å². The van der Waals surface area contributed by atoms with Crippen molar-refractivity contribution >= 4 is 23.8 Å². The number of aliphatic carboxylic acids is 2. The molecule has 6 saturated carbocycles. The lowest BCUT2D eigenvalue weighted by Crippen LogP contribution is -2.47. The number of carboxylic acids is 2. The SMILES string of the molecule is CC(C)(C1CCC(OC2CCC(NC(=O)C3CCC(O)CC3C(=O)O)CC2)CC1)C1CCC(OC2CCC(NC(=O)C3CCC(O)CC3C(=O)O)CC2)CC1. The predicted molar refractivity (Wildman–Crippen MR) is 205 cm³/mol. The summed E-state index contributed by atoms with van der Waals surface area (Å²) in [6.07, 6.45) is 18.0. The van der Waals surface area contributed by atoms with Crippen LogP contribution in [0.3, 0.4) is 0 Å². The maximum absolute atomic E-state index is 13.0. The van der Waals surface area contributed by atoms with E-state index in [1.165, 1.54) is 25.7 Å². The number of aliphatic hydroxyl groups is 2. The van der Waals surface area contributed by atoms with E-state index in [0.717, 1.165) is 77.0 Å². The fourth-order valence-corrected chi connectivity index (χ4v) is 11.5. The molecule has 6 rings (SSSR count). The van der Waals surface area contributed by atoms with Crippen LogP contribution in [0.15, 0.2) is 0 Å². The zero-order valence-electron chi connectivity index (χ0n) is 33.4. The third kappa shape index (κ3) is 11.0. The van der Waals surface area contributed by atoms with Crippen LogP contribution < -0.4 is 10.6 Å². The normalized spacial score (nSPS) is 40.4. The summed E-state index contributed by atoms with van der Waals surface area (Å²) in [4.78, 5) is 49.4. The second-order valence-corrected chi connectivity index (χ2v) is 19.0. The number of carbonyl (C=O) groups excluding carboxylic acids is 2. The Morgan fingerprint density at radius 3 is 1.07 bits per heavy atom. The molecule has 2 amide bonds. The van der Waals surface area contributed by atoms with E-state index in [1.54, 1.807) is 0 Å². The predicted octanol–water partition coefficient (Wildman–Crippen LogP) is 5.74. The van der Waals surface area contributed by atoms with Gasteiger partial charge in [0.2, 0.25) is 11.8 Å². The number of carbonyl (C=O) groups is 4. The van der Waals surface area contributed by atoms with Crippen molar-refractivity contribution in [1.82, 2.24) is 10.6 Å². The van der Waals surface area contributed by atoms with E-state index in [1.807, 2.05) is 0 Å². The van der Waals surface area contributed by atoms with E-state index >= 15 is 0 Å². The van der Waals surface area contributed by atoms with Crippen LogP contribution in [0.2, 0.25) is 0 Å². The highest BCUT2D eigenvalue weighted by molar-refractivity contribution is 5.85. The quantitative estimate of drug-likeness (QED) is 0.143. The molecule has 0 bridgehead atoms. The third-order valence-corrected chi connectivity index (χ3v) is 15.2. The van der Waals surface area contributed by atoms with Crippen molar-refractivity contribution in [3.05, 3.63) is 0 Å². The number of carboxylic acid groups (broad SMARTS) is 2. The second kappa shape index (κ2) is 19.0. The molecular weight excluding hydrogens is 704 g/mol. The minimum absolute atomic E-state index is 0.0559. The number of hydrogen-bond donors (Lipinski definition) is 6.